The summed E-state index contributed by atoms with van der Waals surface area (Å²) in [6, 6.07) is 13.1. The number of methoxy groups -OCH3 is 3. The number of likely N-dealkylation sites (tertiary alicyclic amines) is 1. The zero-order valence-electron chi connectivity index (χ0n) is 18.0. The number of benzene rings is 2. The average molecular weight is 423 g/mol. The van der Waals surface area contributed by atoms with Crippen molar-refractivity contribution in [1.29, 1.82) is 0 Å². The van der Waals surface area contributed by atoms with Gasteiger partial charge in [0.2, 0.25) is 17.6 Å². The van der Waals surface area contributed by atoms with Crippen molar-refractivity contribution in [3.05, 3.63) is 53.9 Å². The smallest absolute Gasteiger partial charge is 0.232 e. The van der Waals surface area contributed by atoms with Crippen molar-refractivity contribution in [2.75, 3.05) is 27.9 Å². The molecule has 1 aliphatic heterocycles. The fraction of sp³-hybridized carbons (Fsp3) is 0.348. The average Bonchev–Trinajstić information content (AvgIpc) is 3.45. The first-order valence-electron chi connectivity index (χ1n) is 10.0. The summed E-state index contributed by atoms with van der Waals surface area (Å²) in [5.74, 6) is 2.83. The van der Waals surface area contributed by atoms with E-state index in [0.717, 1.165) is 16.9 Å². The molecular weight excluding hydrogens is 398 g/mol. The van der Waals surface area contributed by atoms with E-state index in [1.54, 1.807) is 33.5 Å². The van der Waals surface area contributed by atoms with Crippen molar-refractivity contribution in [2.24, 2.45) is 0 Å². The van der Waals surface area contributed by atoms with Gasteiger partial charge in [0.1, 0.15) is 5.75 Å². The van der Waals surface area contributed by atoms with Crippen molar-refractivity contribution in [2.45, 2.75) is 25.3 Å². The Morgan fingerprint density at radius 3 is 2.45 bits per heavy atom. The molecule has 2 atom stereocenters. The van der Waals surface area contributed by atoms with Gasteiger partial charge in [-0.05, 0) is 42.8 Å². The van der Waals surface area contributed by atoms with Gasteiger partial charge in [-0.3, -0.25) is 4.79 Å². The highest BCUT2D eigenvalue weighted by molar-refractivity contribution is 5.80. The van der Waals surface area contributed by atoms with Crippen LogP contribution in [0.5, 0.6) is 17.2 Å². The number of amides is 1. The maximum Gasteiger partial charge on any atom is 0.232 e. The van der Waals surface area contributed by atoms with Gasteiger partial charge < -0.3 is 23.6 Å². The van der Waals surface area contributed by atoms with Crippen molar-refractivity contribution in [3.8, 4) is 28.6 Å². The van der Waals surface area contributed by atoms with E-state index >= 15 is 0 Å². The van der Waals surface area contributed by atoms with Crippen molar-refractivity contribution < 1.29 is 23.5 Å². The number of hydrogen-bond donors (Lipinski definition) is 0. The molecule has 3 aromatic rings. The third-order valence-electron chi connectivity index (χ3n) is 5.66. The third kappa shape index (κ3) is 4.05. The van der Waals surface area contributed by atoms with E-state index in [2.05, 4.69) is 10.1 Å². The highest BCUT2D eigenvalue weighted by Crippen LogP contribution is 2.35. The molecule has 1 aromatic heterocycles. The zero-order valence-corrected chi connectivity index (χ0v) is 18.0. The minimum atomic E-state index is -0.144. The number of aromatic nitrogens is 2. The number of nitrogens with zero attached hydrogens (tertiary/aromatic N) is 3. The number of hydrogen-bond acceptors (Lipinski definition) is 7. The molecule has 0 radical (unpaired) electrons. The van der Waals surface area contributed by atoms with Crippen LogP contribution in [-0.4, -0.2) is 48.8 Å². The molecule has 2 unspecified atom stereocenters. The van der Waals surface area contributed by atoms with Crippen LogP contribution in [0.15, 0.2) is 47.0 Å². The van der Waals surface area contributed by atoms with E-state index in [1.165, 1.54) is 0 Å². The second kappa shape index (κ2) is 8.67. The first kappa shape index (κ1) is 20.7. The molecule has 0 saturated carbocycles. The molecule has 1 amide bonds. The van der Waals surface area contributed by atoms with E-state index in [4.69, 9.17) is 18.7 Å². The third-order valence-corrected chi connectivity index (χ3v) is 5.66. The van der Waals surface area contributed by atoms with E-state index in [-0.39, 0.29) is 17.9 Å². The Morgan fingerprint density at radius 2 is 1.77 bits per heavy atom. The van der Waals surface area contributed by atoms with Crippen molar-refractivity contribution >= 4 is 5.91 Å². The summed E-state index contributed by atoms with van der Waals surface area (Å²) in [5.41, 5.74) is 1.80. The summed E-state index contributed by atoms with van der Waals surface area (Å²) in [7, 11) is 4.79. The Hall–Kier alpha value is -3.55. The van der Waals surface area contributed by atoms with Gasteiger partial charge in [-0.1, -0.05) is 17.3 Å². The van der Waals surface area contributed by atoms with E-state index < -0.39 is 0 Å². The molecule has 1 fully saturated rings. The molecular formula is C23H25N3O5. The molecule has 0 bridgehead atoms. The topological polar surface area (TPSA) is 86.9 Å². The maximum absolute atomic E-state index is 12.7. The SMILES string of the molecule is COc1ccc(C(C)N2CC(c3nc(-c4ccc(OC)c(OC)c4)no3)CC2=O)cc1. The quantitative estimate of drug-likeness (QED) is 0.571. The summed E-state index contributed by atoms with van der Waals surface area (Å²) in [6.45, 7) is 2.55. The Morgan fingerprint density at radius 1 is 1.03 bits per heavy atom. The van der Waals surface area contributed by atoms with Crippen LogP contribution in [0.4, 0.5) is 0 Å². The summed E-state index contributed by atoms with van der Waals surface area (Å²) >= 11 is 0. The van der Waals surface area contributed by atoms with E-state index in [1.807, 2.05) is 42.2 Å². The van der Waals surface area contributed by atoms with E-state index in [9.17, 15) is 4.79 Å². The molecule has 4 rings (SSSR count). The van der Waals surface area contributed by atoms with Gasteiger partial charge in [-0.15, -0.1) is 0 Å². The maximum atomic E-state index is 12.7. The van der Waals surface area contributed by atoms with Crippen LogP contribution >= 0.6 is 0 Å². The molecule has 1 saturated heterocycles. The molecule has 0 aliphatic carbocycles. The Labute approximate surface area is 180 Å². The number of ether oxygens (including phenoxy) is 3. The standard InChI is InChI=1S/C23H25N3O5/c1-14(15-5-8-18(28-2)9-6-15)26-13-17(12-21(26)27)23-24-22(25-31-23)16-7-10-19(29-3)20(11-16)30-4/h5-11,14,17H,12-13H2,1-4H3. The number of rotatable bonds is 7. The first-order chi connectivity index (χ1) is 15.0. The highest BCUT2D eigenvalue weighted by atomic mass is 16.5. The van der Waals surface area contributed by atoms with Gasteiger partial charge >= 0.3 is 0 Å². The molecule has 0 N–H and O–H groups in total. The molecule has 2 aromatic carbocycles. The van der Waals surface area contributed by atoms with Crippen LogP contribution in [0.2, 0.25) is 0 Å². The van der Waals surface area contributed by atoms with Gasteiger partial charge in [0, 0.05) is 18.5 Å². The van der Waals surface area contributed by atoms with Crippen LogP contribution in [0.25, 0.3) is 11.4 Å². The highest BCUT2D eigenvalue weighted by Gasteiger charge is 2.37. The predicted octanol–water partition coefficient (Wildman–Crippen LogP) is 3.84. The van der Waals surface area contributed by atoms with Crippen LogP contribution in [0, 0.1) is 0 Å². The zero-order chi connectivity index (χ0) is 22.0. The molecule has 162 valence electrons. The predicted molar refractivity (Wildman–Crippen MR) is 113 cm³/mol. The number of carbonyl (C=O) groups excluding carboxylic acids is 1. The van der Waals surface area contributed by atoms with Gasteiger partial charge in [-0.2, -0.15) is 4.98 Å². The van der Waals surface area contributed by atoms with Gasteiger partial charge in [0.05, 0.1) is 33.3 Å². The number of carbonyl (C=O) groups is 1. The van der Waals surface area contributed by atoms with Gasteiger partial charge in [-0.25, -0.2) is 0 Å². The lowest BCUT2D eigenvalue weighted by Crippen LogP contribution is -2.28. The summed E-state index contributed by atoms with van der Waals surface area (Å²) in [4.78, 5) is 19.1. The van der Waals surface area contributed by atoms with Crippen LogP contribution in [0.3, 0.4) is 0 Å². The molecule has 8 nitrogen and oxygen atoms in total. The summed E-state index contributed by atoms with van der Waals surface area (Å²) < 4.78 is 21.3. The minimum Gasteiger partial charge on any atom is -0.497 e. The second-order valence-electron chi connectivity index (χ2n) is 7.42. The summed E-state index contributed by atoms with van der Waals surface area (Å²) in [5, 5.41) is 4.11. The molecule has 8 heteroatoms. The lowest BCUT2D eigenvalue weighted by atomic mass is 10.1. The van der Waals surface area contributed by atoms with Crippen molar-refractivity contribution in [3.63, 3.8) is 0 Å². The van der Waals surface area contributed by atoms with Crippen molar-refractivity contribution in [1.82, 2.24) is 15.0 Å². The lowest BCUT2D eigenvalue weighted by Gasteiger charge is -2.25. The largest absolute Gasteiger partial charge is 0.497 e. The Balaban J connectivity index is 1.50. The van der Waals surface area contributed by atoms with Crippen LogP contribution in [-0.2, 0) is 4.79 Å². The monoisotopic (exact) mass is 423 g/mol. The Bertz CT molecular complexity index is 1060. The van der Waals surface area contributed by atoms with Crippen LogP contribution < -0.4 is 14.2 Å². The molecule has 0 spiro atoms. The normalized spacial score (nSPS) is 17.0. The molecule has 31 heavy (non-hydrogen) atoms. The molecule has 2 heterocycles. The van der Waals surface area contributed by atoms with Gasteiger partial charge in [0.15, 0.2) is 11.5 Å². The lowest BCUT2D eigenvalue weighted by molar-refractivity contribution is -0.129. The minimum absolute atomic E-state index is 0.0587. The Kier molecular flexibility index (Phi) is 5.79. The first-order valence-corrected chi connectivity index (χ1v) is 10.0. The fourth-order valence-electron chi connectivity index (χ4n) is 3.83. The summed E-state index contributed by atoms with van der Waals surface area (Å²) in [6.07, 6.45) is 0.341. The second-order valence-corrected chi connectivity index (χ2v) is 7.42. The molecule has 1 aliphatic rings. The van der Waals surface area contributed by atoms with E-state index in [0.29, 0.717) is 36.2 Å². The van der Waals surface area contributed by atoms with Crippen LogP contribution in [0.1, 0.15) is 36.8 Å². The fourth-order valence-corrected chi connectivity index (χ4v) is 3.83. The van der Waals surface area contributed by atoms with Gasteiger partial charge in [0.25, 0.3) is 0 Å².